The van der Waals surface area contributed by atoms with Crippen LogP contribution < -0.4 is 5.73 Å². The van der Waals surface area contributed by atoms with E-state index in [2.05, 4.69) is 0 Å². The zero-order chi connectivity index (χ0) is 10.4. The zero-order valence-corrected chi connectivity index (χ0v) is 7.82. The van der Waals surface area contributed by atoms with Crippen LogP contribution in [0.15, 0.2) is 24.3 Å². The normalized spacial score (nSPS) is 12.8. The van der Waals surface area contributed by atoms with E-state index < -0.39 is 0 Å². The van der Waals surface area contributed by atoms with Crippen molar-refractivity contribution in [3.8, 4) is 0 Å². The van der Waals surface area contributed by atoms with E-state index in [1.807, 2.05) is 0 Å². The molecule has 0 bridgehead atoms. The van der Waals surface area contributed by atoms with Gasteiger partial charge in [0.15, 0.2) is 0 Å². The van der Waals surface area contributed by atoms with Crippen LogP contribution in [0.2, 0.25) is 0 Å². The van der Waals surface area contributed by atoms with Crippen LogP contribution in [0.25, 0.3) is 0 Å². The Balaban J connectivity index is 2.28. The molecule has 0 radical (unpaired) electrons. The highest BCUT2D eigenvalue weighted by molar-refractivity contribution is 5.14. The van der Waals surface area contributed by atoms with Crippen LogP contribution in [0.1, 0.15) is 5.56 Å². The van der Waals surface area contributed by atoms with Crippen LogP contribution in [0, 0.1) is 5.82 Å². The van der Waals surface area contributed by atoms with Crippen molar-refractivity contribution in [1.29, 1.82) is 0 Å². The van der Waals surface area contributed by atoms with Crippen molar-refractivity contribution in [3.05, 3.63) is 35.6 Å². The lowest BCUT2D eigenvalue weighted by Crippen LogP contribution is -2.29. The van der Waals surface area contributed by atoms with Crippen LogP contribution in [0.4, 0.5) is 4.39 Å². The van der Waals surface area contributed by atoms with Gasteiger partial charge in [-0.15, -0.1) is 0 Å². The monoisotopic (exact) mass is 199 g/mol. The van der Waals surface area contributed by atoms with E-state index in [0.717, 1.165) is 5.56 Å². The molecule has 3 nitrogen and oxygen atoms in total. The van der Waals surface area contributed by atoms with Crippen molar-refractivity contribution in [2.45, 2.75) is 12.6 Å². The van der Waals surface area contributed by atoms with Gasteiger partial charge in [-0.2, -0.15) is 0 Å². The molecule has 0 fully saturated rings. The average molecular weight is 199 g/mol. The molecule has 0 aliphatic heterocycles. The lowest BCUT2D eigenvalue weighted by atomic mass is 10.2. The van der Waals surface area contributed by atoms with Crippen LogP contribution in [-0.2, 0) is 11.3 Å². The second-order valence-corrected chi connectivity index (χ2v) is 3.08. The van der Waals surface area contributed by atoms with Gasteiger partial charge in [0.1, 0.15) is 5.82 Å². The number of benzene rings is 1. The lowest BCUT2D eigenvalue weighted by molar-refractivity contribution is 0.0899. The second-order valence-electron chi connectivity index (χ2n) is 3.08. The van der Waals surface area contributed by atoms with Crippen LogP contribution >= 0.6 is 0 Å². The van der Waals surface area contributed by atoms with Gasteiger partial charge in [0.25, 0.3) is 0 Å². The molecular formula is C10H14FNO2. The topological polar surface area (TPSA) is 55.5 Å². The third-order valence-corrected chi connectivity index (χ3v) is 1.75. The highest BCUT2D eigenvalue weighted by Crippen LogP contribution is 2.03. The maximum absolute atomic E-state index is 12.5. The Bertz CT molecular complexity index is 263. The molecule has 78 valence electrons. The first-order valence-corrected chi connectivity index (χ1v) is 4.41. The smallest absolute Gasteiger partial charge is 0.123 e. The molecule has 0 aliphatic carbocycles. The highest BCUT2D eigenvalue weighted by atomic mass is 19.1. The third-order valence-electron chi connectivity index (χ3n) is 1.75. The number of rotatable bonds is 5. The predicted molar refractivity (Wildman–Crippen MR) is 51.1 cm³/mol. The van der Waals surface area contributed by atoms with Crippen molar-refractivity contribution in [1.82, 2.24) is 0 Å². The van der Waals surface area contributed by atoms with Gasteiger partial charge >= 0.3 is 0 Å². The van der Waals surface area contributed by atoms with E-state index in [4.69, 9.17) is 15.6 Å². The molecule has 0 saturated carbocycles. The summed E-state index contributed by atoms with van der Waals surface area (Å²) in [7, 11) is 0. The fourth-order valence-corrected chi connectivity index (χ4v) is 0.961. The standard InChI is InChI=1S/C10H14FNO2/c11-9-3-1-8(2-4-9)6-14-7-10(12)5-13/h1-4,10,13H,5-7,12H2/t10-/m1/s1. The summed E-state index contributed by atoms with van der Waals surface area (Å²) in [5.41, 5.74) is 6.31. The number of aliphatic hydroxyl groups is 1. The molecule has 4 heteroatoms. The lowest BCUT2D eigenvalue weighted by Gasteiger charge is -2.08. The minimum atomic E-state index is -0.351. The van der Waals surface area contributed by atoms with Crippen molar-refractivity contribution in [2.75, 3.05) is 13.2 Å². The van der Waals surface area contributed by atoms with Crippen LogP contribution in [0.5, 0.6) is 0 Å². The first-order valence-electron chi connectivity index (χ1n) is 4.41. The number of aliphatic hydroxyl groups excluding tert-OH is 1. The van der Waals surface area contributed by atoms with Crippen molar-refractivity contribution in [2.24, 2.45) is 5.73 Å². The van der Waals surface area contributed by atoms with E-state index in [0.29, 0.717) is 13.2 Å². The molecule has 0 aromatic heterocycles. The summed E-state index contributed by atoms with van der Waals surface area (Å²) >= 11 is 0. The van der Waals surface area contributed by atoms with Crippen molar-refractivity contribution in [3.63, 3.8) is 0 Å². The number of ether oxygens (including phenoxy) is 1. The van der Waals surface area contributed by atoms with E-state index in [9.17, 15) is 4.39 Å². The van der Waals surface area contributed by atoms with Gasteiger partial charge in [0, 0.05) is 0 Å². The number of nitrogens with two attached hydrogens (primary N) is 1. The Labute approximate surface area is 82.3 Å². The van der Waals surface area contributed by atoms with Gasteiger partial charge < -0.3 is 15.6 Å². The van der Waals surface area contributed by atoms with E-state index in [-0.39, 0.29) is 18.5 Å². The van der Waals surface area contributed by atoms with Crippen molar-refractivity contribution < 1.29 is 14.2 Å². The van der Waals surface area contributed by atoms with Gasteiger partial charge in [-0.05, 0) is 17.7 Å². The minimum Gasteiger partial charge on any atom is -0.395 e. The summed E-state index contributed by atoms with van der Waals surface area (Å²) in [5, 5.41) is 8.61. The van der Waals surface area contributed by atoms with E-state index >= 15 is 0 Å². The Morgan fingerprint density at radius 3 is 2.57 bits per heavy atom. The number of halogens is 1. The zero-order valence-electron chi connectivity index (χ0n) is 7.82. The number of hydrogen-bond acceptors (Lipinski definition) is 3. The molecule has 0 aliphatic rings. The molecule has 3 N–H and O–H groups in total. The Morgan fingerprint density at radius 1 is 1.36 bits per heavy atom. The molecule has 0 saturated heterocycles. The van der Waals surface area contributed by atoms with Gasteiger partial charge in [-0.25, -0.2) is 4.39 Å². The molecule has 0 heterocycles. The SMILES string of the molecule is N[C@H](CO)COCc1ccc(F)cc1. The molecule has 0 amide bonds. The summed E-state index contributed by atoms with van der Waals surface area (Å²) < 4.78 is 17.7. The summed E-state index contributed by atoms with van der Waals surface area (Å²) in [6.45, 7) is 0.589. The Kier molecular flexibility index (Phi) is 4.52. The molecular weight excluding hydrogens is 185 g/mol. The summed E-state index contributed by atoms with van der Waals surface area (Å²) in [5.74, 6) is -0.263. The van der Waals surface area contributed by atoms with Crippen molar-refractivity contribution >= 4 is 0 Å². The fraction of sp³-hybridized carbons (Fsp3) is 0.400. The summed E-state index contributed by atoms with van der Waals surface area (Å²) in [6, 6.07) is 5.71. The molecule has 1 atom stereocenters. The first-order chi connectivity index (χ1) is 6.72. The minimum absolute atomic E-state index is 0.0938. The summed E-state index contributed by atoms with van der Waals surface area (Å²) in [6.07, 6.45) is 0. The quantitative estimate of drug-likeness (QED) is 0.732. The highest BCUT2D eigenvalue weighted by Gasteiger charge is 2.00. The molecule has 1 rings (SSSR count). The van der Waals surface area contributed by atoms with E-state index in [1.54, 1.807) is 12.1 Å². The van der Waals surface area contributed by atoms with Gasteiger partial charge in [0.2, 0.25) is 0 Å². The first kappa shape index (κ1) is 11.1. The maximum atomic E-state index is 12.5. The molecule has 1 aromatic carbocycles. The van der Waals surface area contributed by atoms with Crippen LogP contribution in [-0.4, -0.2) is 24.4 Å². The molecule has 14 heavy (non-hydrogen) atoms. The third kappa shape index (κ3) is 3.83. The van der Waals surface area contributed by atoms with E-state index in [1.165, 1.54) is 12.1 Å². The summed E-state index contributed by atoms with van der Waals surface area (Å²) in [4.78, 5) is 0. The Hall–Kier alpha value is -0.970. The maximum Gasteiger partial charge on any atom is 0.123 e. The largest absolute Gasteiger partial charge is 0.395 e. The predicted octanol–water partition coefficient (Wildman–Crippen LogP) is 0.662. The molecule has 0 unspecified atom stereocenters. The van der Waals surface area contributed by atoms with Gasteiger partial charge in [-0.1, -0.05) is 12.1 Å². The van der Waals surface area contributed by atoms with Crippen LogP contribution in [0.3, 0.4) is 0 Å². The van der Waals surface area contributed by atoms with Gasteiger partial charge in [-0.3, -0.25) is 0 Å². The molecule has 0 spiro atoms. The Morgan fingerprint density at radius 2 is 2.00 bits per heavy atom. The number of hydrogen-bond donors (Lipinski definition) is 2. The fourth-order valence-electron chi connectivity index (χ4n) is 0.961. The van der Waals surface area contributed by atoms with Gasteiger partial charge in [0.05, 0.1) is 25.9 Å². The second kappa shape index (κ2) is 5.70. The average Bonchev–Trinajstić information content (AvgIpc) is 2.21. The molecule has 1 aromatic rings.